The molecule has 2 aromatic rings. The van der Waals surface area contributed by atoms with Gasteiger partial charge in [0.1, 0.15) is 12.1 Å². The molecule has 0 unspecified atom stereocenters. The fraction of sp³-hybridized carbons (Fsp3) is 0.474. The van der Waals surface area contributed by atoms with Crippen LogP contribution in [0.3, 0.4) is 0 Å². The van der Waals surface area contributed by atoms with Crippen molar-refractivity contribution in [3.63, 3.8) is 0 Å². The lowest BCUT2D eigenvalue weighted by atomic mass is 9.90. The Bertz CT molecular complexity index is 907. The first-order chi connectivity index (χ1) is 13.3. The molecule has 8 nitrogen and oxygen atoms in total. The van der Waals surface area contributed by atoms with Gasteiger partial charge >= 0.3 is 0 Å². The van der Waals surface area contributed by atoms with Crippen LogP contribution in [0.1, 0.15) is 32.7 Å². The molecule has 1 N–H and O–H groups in total. The Kier molecular flexibility index (Phi) is 5.79. The maximum Gasteiger partial charge on any atom is 0.231 e. The molecule has 0 spiro atoms. The number of hydrogen-bond donors (Lipinski definition) is 1. The van der Waals surface area contributed by atoms with Gasteiger partial charge in [-0.3, -0.25) is 4.79 Å². The first-order valence-electron chi connectivity index (χ1n) is 8.97. The SMILES string of the molecule is CC(C)[C@@](C)(C#N)NC(=O)CSc1nnc([C@@H]2COc3ccccc3O2)n1C. The van der Waals surface area contributed by atoms with Crippen LogP contribution in [-0.2, 0) is 11.8 Å². The highest BCUT2D eigenvalue weighted by Gasteiger charge is 2.31. The molecule has 1 aliphatic heterocycles. The summed E-state index contributed by atoms with van der Waals surface area (Å²) >= 11 is 1.26. The van der Waals surface area contributed by atoms with Gasteiger partial charge in [-0.1, -0.05) is 37.7 Å². The van der Waals surface area contributed by atoms with Gasteiger partial charge in [-0.15, -0.1) is 10.2 Å². The minimum absolute atomic E-state index is 0.000733. The number of para-hydroxylation sites is 2. The van der Waals surface area contributed by atoms with Crippen molar-refractivity contribution in [2.45, 2.75) is 37.6 Å². The summed E-state index contributed by atoms with van der Waals surface area (Å²) in [6, 6.07) is 9.64. The molecule has 1 amide bonds. The summed E-state index contributed by atoms with van der Waals surface area (Å²) in [7, 11) is 1.83. The molecule has 0 saturated heterocycles. The number of rotatable bonds is 6. The summed E-state index contributed by atoms with van der Waals surface area (Å²) in [5.41, 5.74) is -0.899. The number of carbonyl (C=O) groups excluding carboxylic acids is 1. The second kappa shape index (κ2) is 8.10. The lowest BCUT2D eigenvalue weighted by Crippen LogP contribution is -2.49. The highest BCUT2D eigenvalue weighted by Crippen LogP contribution is 2.35. The van der Waals surface area contributed by atoms with E-state index in [1.807, 2.05) is 45.2 Å². The fourth-order valence-electron chi connectivity index (χ4n) is 2.64. The predicted octanol–water partition coefficient (Wildman–Crippen LogP) is 2.47. The normalized spacial score (nSPS) is 17.6. The number of nitrogens with zero attached hydrogens (tertiary/aromatic N) is 4. The molecule has 0 bridgehead atoms. The predicted molar refractivity (Wildman–Crippen MR) is 104 cm³/mol. The van der Waals surface area contributed by atoms with Crippen LogP contribution in [0, 0.1) is 17.2 Å². The molecule has 1 aliphatic rings. The standard InChI is InChI=1S/C19H23N5O3S/c1-12(2)19(3,11-20)21-16(25)10-28-18-23-22-17(24(18)4)15-9-26-13-7-5-6-8-14(13)27-15/h5-8,12,15H,9-10H2,1-4H3,(H,21,25)/t15-,19+/m0/s1. The fourth-order valence-corrected chi connectivity index (χ4v) is 3.35. The molecule has 28 heavy (non-hydrogen) atoms. The molecule has 2 heterocycles. The number of nitrogens with one attached hydrogen (secondary N) is 1. The molecule has 9 heteroatoms. The number of fused-ring (bicyclic) bond motifs is 1. The highest BCUT2D eigenvalue weighted by atomic mass is 32.2. The third kappa shape index (κ3) is 4.07. The maximum absolute atomic E-state index is 12.3. The number of benzene rings is 1. The third-order valence-corrected chi connectivity index (χ3v) is 5.80. The minimum atomic E-state index is -0.899. The van der Waals surface area contributed by atoms with Crippen molar-refractivity contribution in [1.29, 1.82) is 5.26 Å². The monoisotopic (exact) mass is 401 g/mol. The van der Waals surface area contributed by atoms with Crippen LogP contribution in [0.2, 0.25) is 0 Å². The first-order valence-corrected chi connectivity index (χ1v) is 9.95. The molecular weight excluding hydrogens is 378 g/mol. The molecule has 0 aliphatic carbocycles. The van der Waals surface area contributed by atoms with Crippen molar-refractivity contribution in [1.82, 2.24) is 20.1 Å². The van der Waals surface area contributed by atoms with Crippen molar-refractivity contribution in [3.8, 4) is 17.6 Å². The lowest BCUT2D eigenvalue weighted by Gasteiger charge is -2.27. The smallest absolute Gasteiger partial charge is 0.231 e. The number of carbonyl (C=O) groups is 1. The Balaban J connectivity index is 1.63. The summed E-state index contributed by atoms with van der Waals surface area (Å²) in [4.78, 5) is 12.3. The summed E-state index contributed by atoms with van der Waals surface area (Å²) < 4.78 is 13.5. The van der Waals surface area contributed by atoms with Gasteiger partial charge in [0, 0.05) is 7.05 Å². The Morgan fingerprint density at radius 3 is 2.82 bits per heavy atom. The van der Waals surface area contributed by atoms with Gasteiger partial charge in [0.15, 0.2) is 28.6 Å². The van der Waals surface area contributed by atoms with Gasteiger partial charge in [0.05, 0.1) is 11.8 Å². The van der Waals surface area contributed by atoms with E-state index >= 15 is 0 Å². The minimum Gasteiger partial charge on any atom is -0.485 e. The Morgan fingerprint density at radius 2 is 2.14 bits per heavy atom. The van der Waals surface area contributed by atoms with E-state index in [1.165, 1.54) is 11.8 Å². The van der Waals surface area contributed by atoms with Crippen LogP contribution >= 0.6 is 11.8 Å². The number of ether oxygens (including phenoxy) is 2. The second-order valence-corrected chi connectivity index (χ2v) is 8.01. The first kappa shape index (κ1) is 20.0. The van der Waals surface area contributed by atoms with Crippen LogP contribution in [0.15, 0.2) is 29.4 Å². The van der Waals surface area contributed by atoms with Gasteiger partial charge in [0.25, 0.3) is 0 Å². The molecule has 0 saturated carbocycles. The number of thioether (sulfide) groups is 1. The molecule has 2 atom stereocenters. The molecule has 148 valence electrons. The van der Waals surface area contributed by atoms with Gasteiger partial charge < -0.3 is 19.4 Å². The Labute approximate surface area is 168 Å². The van der Waals surface area contributed by atoms with Crippen LogP contribution in [-0.4, -0.2) is 38.6 Å². The van der Waals surface area contributed by atoms with Crippen molar-refractivity contribution in [2.75, 3.05) is 12.4 Å². The van der Waals surface area contributed by atoms with Crippen LogP contribution in [0.25, 0.3) is 0 Å². The van der Waals surface area contributed by atoms with Crippen molar-refractivity contribution < 1.29 is 14.3 Å². The van der Waals surface area contributed by atoms with E-state index < -0.39 is 5.54 Å². The summed E-state index contributed by atoms with van der Waals surface area (Å²) in [6.07, 6.45) is -0.376. The van der Waals surface area contributed by atoms with E-state index in [-0.39, 0.29) is 23.7 Å². The zero-order chi connectivity index (χ0) is 20.3. The molecular formula is C19H23N5O3S. The summed E-state index contributed by atoms with van der Waals surface area (Å²) in [6.45, 7) is 5.86. The van der Waals surface area contributed by atoms with Crippen LogP contribution in [0.4, 0.5) is 0 Å². The van der Waals surface area contributed by atoms with E-state index in [0.29, 0.717) is 29.1 Å². The number of hydrogen-bond acceptors (Lipinski definition) is 7. The van der Waals surface area contributed by atoms with E-state index in [2.05, 4.69) is 21.6 Å². The average Bonchev–Trinajstić information content (AvgIpc) is 3.06. The largest absolute Gasteiger partial charge is 0.485 e. The van der Waals surface area contributed by atoms with E-state index in [9.17, 15) is 10.1 Å². The van der Waals surface area contributed by atoms with Gasteiger partial charge in [-0.2, -0.15) is 5.26 Å². The zero-order valence-corrected chi connectivity index (χ0v) is 17.1. The van der Waals surface area contributed by atoms with Gasteiger partial charge in [0.2, 0.25) is 5.91 Å². The number of aromatic nitrogens is 3. The molecule has 1 aromatic heterocycles. The quantitative estimate of drug-likeness (QED) is 0.742. The molecule has 0 fully saturated rings. The van der Waals surface area contributed by atoms with E-state index in [0.717, 1.165) is 0 Å². The van der Waals surface area contributed by atoms with E-state index in [4.69, 9.17) is 9.47 Å². The van der Waals surface area contributed by atoms with Crippen molar-refractivity contribution in [3.05, 3.63) is 30.1 Å². The summed E-state index contributed by atoms with van der Waals surface area (Å²) in [5, 5.41) is 21.1. The maximum atomic E-state index is 12.3. The molecule has 3 rings (SSSR count). The zero-order valence-electron chi connectivity index (χ0n) is 16.3. The number of nitriles is 1. The average molecular weight is 401 g/mol. The Morgan fingerprint density at radius 1 is 1.43 bits per heavy atom. The Hall–Kier alpha value is -2.73. The third-order valence-electron chi connectivity index (χ3n) is 4.78. The molecule has 0 radical (unpaired) electrons. The topological polar surface area (TPSA) is 102 Å². The van der Waals surface area contributed by atoms with Crippen molar-refractivity contribution >= 4 is 17.7 Å². The van der Waals surface area contributed by atoms with Crippen molar-refractivity contribution in [2.24, 2.45) is 13.0 Å². The second-order valence-electron chi connectivity index (χ2n) is 7.07. The van der Waals surface area contributed by atoms with Crippen LogP contribution in [0.5, 0.6) is 11.5 Å². The lowest BCUT2D eigenvalue weighted by molar-refractivity contribution is -0.120. The van der Waals surface area contributed by atoms with Gasteiger partial charge in [-0.25, -0.2) is 0 Å². The number of amides is 1. The van der Waals surface area contributed by atoms with Crippen LogP contribution < -0.4 is 14.8 Å². The van der Waals surface area contributed by atoms with E-state index in [1.54, 1.807) is 11.5 Å². The summed E-state index contributed by atoms with van der Waals surface area (Å²) in [5.74, 6) is 1.91. The van der Waals surface area contributed by atoms with Gasteiger partial charge in [-0.05, 0) is 25.0 Å². The molecule has 1 aromatic carbocycles. The highest BCUT2D eigenvalue weighted by molar-refractivity contribution is 7.99.